The van der Waals surface area contributed by atoms with Crippen LogP contribution in [-0.4, -0.2) is 40.5 Å². The molecule has 0 spiro atoms. The van der Waals surface area contributed by atoms with Crippen LogP contribution in [0.1, 0.15) is 39.0 Å². The molecule has 1 saturated carbocycles. The standard InChI is InChI=1S/C15H26N4OS/c1-3-8-16-13-9-14(19-15(18-13)21-2)17-10-11-6-4-5-7-12(11)20/h9,11-12,20H,3-8,10H2,1-2H3,(H2,16,17,18,19). The van der Waals surface area contributed by atoms with Crippen LogP contribution in [0.2, 0.25) is 0 Å². The van der Waals surface area contributed by atoms with Crippen LogP contribution >= 0.6 is 11.8 Å². The zero-order chi connectivity index (χ0) is 15.1. The van der Waals surface area contributed by atoms with E-state index in [1.54, 1.807) is 11.8 Å². The Hall–Kier alpha value is -1.01. The van der Waals surface area contributed by atoms with E-state index in [0.29, 0.717) is 5.92 Å². The number of aliphatic hydroxyl groups excluding tert-OH is 1. The summed E-state index contributed by atoms with van der Waals surface area (Å²) in [5, 5.41) is 17.5. The second-order valence-corrected chi connectivity index (χ2v) is 6.32. The Morgan fingerprint density at radius 3 is 2.62 bits per heavy atom. The van der Waals surface area contributed by atoms with E-state index in [0.717, 1.165) is 55.6 Å². The number of aliphatic hydroxyl groups is 1. The average molecular weight is 310 g/mol. The molecule has 0 bridgehead atoms. The summed E-state index contributed by atoms with van der Waals surface area (Å²) in [7, 11) is 0. The first-order chi connectivity index (χ1) is 10.2. The maximum Gasteiger partial charge on any atom is 0.191 e. The predicted octanol–water partition coefficient (Wildman–Crippen LogP) is 2.98. The first-order valence-corrected chi connectivity index (χ1v) is 9.04. The molecule has 5 nitrogen and oxygen atoms in total. The summed E-state index contributed by atoms with van der Waals surface area (Å²) in [5.74, 6) is 2.03. The third kappa shape index (κ3) is 5.04. The topological polar surface area (TPSA) is 70.1 Å². The molecular weight excluding hydrogens is 284 g/mol. The number of thioether (sulfide) groups is 1. The molecule has 1 aliphatic carbocycles. The van der Waals surface area contributed by atoms with Crippen molar-refractivity contribution in [3.63, 3.8) is 0 Å². The molecule has 1 heterocycles. The van der Waals surface area contributed by atoms with Gasteiger partial charge >= 0.3 is 0 Å². The van der Waals surface area contributed by atoms with Crippen molar-refractivity contribution in [3.05, 3.63) is 6.07 Å². The van der Waals surface area contributed by atoms with E-state index in [4.69, 9.17) is 0 Å². The van der Waals surface area contributed by atoms with Gasteiger partial charge < -0.3 is 15.7 Å². The Kier molecular flexibility index (Phi) is 6.57. The predicted molar refractivity (Wildman–Crippen MR) is 89.0 cm³/mol. The largest absolute Gasteiger partial charge is 0.393 e. The van der Waals surface area contributed by atoms with E-state index in [-0.39, 0.29) is 6.10 Å². The van der Waals surface area contributed by atoms with Crippen molar-refractivity contribution in [2.75, 3.05) is 30.0 Å². The number of nitrogens with zero attached hydrogens (tertiary/aromatic N) is 2. The van der Waals surface area contributed by atoms with Crippen molar-refractivity contribution < 1.29 is 5.11 Å². The smallest absolute Gasteiger partial charge is 0.191 e. The quantitative estimate of drug-likeness (QED) is 0.531. The summed E-state index contributed by atoms with van der Waals surface area (Å²) < 4.78 is 0. The SMILES string of the molecule is CCCNc1cc(NCC2CCCCC2O)nc(SC)n1. The minimum absolute atomic E-state index is 0.175. The normalized spacial score (nSPS) is 22.0. The van der Waals surface area contributed by atoms with Crippen LogP contribution in [-0.2, 0) is 0 Å². The lowest BCUT2D eigenvalue weighted by Crippen LogP contribution is -2.30. The van der Waals surface area contributed by atoms with Gasteiger partial charge in [0.2, 0.25) is 0 Å². The molecule has 6 heteroatoms. The van der Waals surface area contributed by atoms with E-state index in [9.17, 15) is 5.11 Å². The van der Waals surface area contributed by atoms with Crippen LogP contribution in [0.3, 0.4) is 0 Å². The maximum absolute atomic E-state index is 10.0. The monoisotopic (exact) mass is 310 g/mol. The molecule has 1 aromatic heterocycles. The fraction of sp³-hybridized carbons (Fsp3) is 0.733. The van der Waals surface area contributed by atoms with Crippen molar-refractivity contribution in [2.24, 2.45) is 5.92 Å². The zero-order valence-corrected chi connectivity index (χ0v) is 13.7. The van der Waals surface area contributed by atoms with Crippen LogP contribution in [0.4, 0.5) is 11.6 Å². The van der Waals surface area contributed by atoms with Crippen LogP contribution in [0.5, 0.6) is 0 Å². The summed E-state index contributed by atoms with van der Waals surface area (Å²) in [4.78, 5) is 8.94. The second-order valence-electron chi connectivity index (χ2n) is 5.54. The number of nitrogens with one attached hydrogen (secondary N) is 2. The Bertz CT molecular complexity index is 444. The Balaban J connectivity index is 1.97. The average Bonchev–Trinajstić information content (AvgIpc) is 2.52. The molecule has 0 aliphatic heterocycles. The Morgan fingerprint density at radius 2 is 1.95 bits per heavy atom. The van der Waals surface area contributed by atoms with Gasteiger partial charge in [-0.05, 0) is 25.5 Å². The fourth-order valence-electron chi connectivity index (χ4n) is 2.61. The molecule has 0 aromatic carbocycles. The fourth-order valence-corrected chi connectivity index (χ4v) is 2.99. The van der Waals surface area contributed by atoms with E-state index in [1.165, 1.54) is 6.42 Å². The molecule has 3 N–H and O–H groups in total. The lowest BCUT2D eigenvalue weighted by Gasteiger charge is -2.27. The highest BCUT2D eigenvalue weighted by Crippen LogP contribution is 2.25. The molecule has 2 atom stereocenters. The molecule has 21 heavy (non-hydrogen) atoms. The van der Waals surface area contributed by atoms with Gasteiger partial charge in [-0.1, -0.05) is 31.5 Å². The van der Waals surface area contributed by atoms with Crippen molar-refractivity contribution in [1.82, 2.24) is 9.97 Å². The number of anilines is 2. The number of hydrogen-bond acceptors (Lipinski definition) is 6. The zero-order valence-electron chi connectivity index (χ0n) is 12.9. The van der Waals surface area contributed by atoms with Crippen LogP contribution in [0.25, 0.3) is 0 Å². The van der Waals surface area contributed by atoms with Crippen molar-refractivity contribution in [1.29, 1.82) is 0 Å². The molecule has 0 saturated heterocycles. The molecule has 1 fully saturated rings. The van der Waals surface area contributed by atoms with Crippen molar-refractivity contribution in [3.8, 4) is 0 Å². The molecule has 118 valence electrons. The van der Waals surface area contributed by atoms with Crippen molar-refractivity contribution in [2.45, 2.75) is 50.3 Å². The van der Waals surface area contributed by atoms with Gasteiger partial charge in [-0.3, -0.25) is 0 Å². The van der Waals surface area contributed by atoms with Crippen molar-refractivity contribution >= 4 is 23.4 Å². The highest BCUT2D eigenvalue weighted by Gasteiger charge is 2.22. The molecule has 0 radical (unpaired) electrons. The first-order valence-electron chi connectivity index (χ1n) is 7.81. The summed E-state index contributed by atoms with van der Waals surface area (Å²) >= 11 is 1.54. The molecule has 1 aromatic rings. The number of hydrogen-bond donors (Lipinski definition) is 3. The maximum atomic E-state index is 10.0. The van der Waals surface area contributed by atoms with Gasteiger partial charge in [-0.25, -0.2) is 9.97 Å². The highest BCUT2D eigenvalue weighted by molar-refractivity contribution is 7.98. The third-order valence-electron chi connectivity index (χ3n) is 3.86. The van der Waals surface area contributed by atoms with Crippen LogP contribution in [0, 0.1) is 5.92 Å². The molecule has 0 amide bonds. The van der Waals surface area contributed by atoms with Gasteiger partial charge in [-0.15, -0.1) is 0 Å². The van der Waals surface area contributed by atoms with Gasteiger partial charge in [0.05, 0.1) is 6.10 Å². The highest BCUT2D eigenvalue weighted by atomic mass is 32.2. The lowest BCUT2D eigenvalue weighted by atomic mass is 9.86. The van der Waals surface area contributed by atoms with E-state index >= 15 is 0 Å². The van der Waals surface area contributed by atoms with E-state index in [1.807, 2.05) is 12.3 Å². The minimum atomic E-state index is -0.175. The first kappa shape index (κ1) is 16.4. The number of aromatic nitrogens is 2. The van der Waals surface area contributed by atoms with Gasteiger partial charge in [-0.2, -0.15) is 0 Å². The van der Waals surface area contributed by atoms with E-state index < -0.39 is 0 Å². The van der Waals surface area contributed by atoms with Gasteiger partial charge in [0.25, 0.3) is 0 Å². The van der Waals surface area contributed by atoms with Gasteiger partial charge in [0.15, 0.2) is 5.16 Å². The van der Waals surface area contributed by atoms with Gasteiger partial charge in [0, 0.05) is 25.1 Å². The molecule has 2 rings (SSSR count). The Labute approximate surface area is 131 Å². The summed E-state index contributed by atoms with van der Waals surface area (Å²) in [6.45, 7) is 3.82. The molecule has 1 aliphatic rings. The van der Waals surface area contributed by atoms with Crippen LogP contribution < -0.4 is 10.6 Å². The Morgan fingerprint density at radius 1 is 1.24 bits per heavy atom. The van der Waals surface area contributed by atoms with Gasteiger partial charge in [0.1, 0.15) is 11.6 Å². The summed E-state index contributed by atoms with van der Waals surface area (Å²) in [6.07, 6.45) is 7.25. The lowest BCUT2D eigenvalue weighted by molar-refractivity contribution is 0.0763. The minimum Gasteiger partial charge on any atom is -0.393 e. The summed E-state index contributed by atoms with van der Waals surface area (Å²) in [6, 6.07) is 1.95. The number of rotatable bonds is 7. The second kappa shape index (κ2) is 8.44. The summed E-state index contributed by atoms with van der Waals surface area (Å²) in [5.41, 5.74) is 0. The third-order valence-corrected chi connectivity index (χ3v) is 4.41. The van der Waals surface area contributed by atoms with Crippen LogP contribution in [0.15, 0.2) is 11.2 Å². The molecule has 2 unspecified atom stereocenters. The molecular formula is C15H26N4OS. The van der Waals surface area contributed by atoms with E-state index in [2.05, 4.69) is 27.5 Å².